The Morgan fingerprint density at radius 2 is 1.65 bits per heavy atom. The average molecular weight is 619 g/mol. The molecule has 1 aliphatic heterocycles. The first-order chi connectivity index (χ1) is 20.5. The summed E-state index contributed by atoms with van der Waals surface area (Å²) in [6.45, 7) is 6.85. The zero-order chi connectivity index (χ0) is 31.1. The molecule has 13 nitrogen and oxygen atoms in total. The van der Waals surface area contributed by atoms with E-state index in [1.807, 2.05) is 35.8 Å². The highest BCUT2D eigenvalue weighted by Gasteiger charge is 2.51. The first kappa shape index (κ1) is 32.3. The van der Waals surface area contributed by atoms with Crippen molar-refractivity contribution in [3.8, 4) is 5.75 Å². The van der Waals surface area contributed by atoms with Crippen LogP contribution in [0.4, 0.5) is 0 Å². The Morgan fingerprint density at radius 3 is 2.28 bits per heavy atom. The maximum atomic E-state index is 12.4. The molecule has 1 aromatic carbocycles. The predicted molar refractivity (Wildman–Crippen MR) is 153 cm³/mol. The van der Waals surface area contributed by atoms with Crippen molar-refractivity contribution in [2.45, 2.75) is 108 Å². The molecule has 2 heterocycles. The molecule has 234 valence electrons. The van der Waals surface area contributed by atoms with E-state index in [2.05, 4.69) is 15.5 Å². The van der Waals surface area contributed by atoms with Gasteiger partial charge in [-0.15, -0.1) is 10.2 Å². The van der Waals surface area contributed by atoms with Crippen LogP contribution in [0.15, 0.2) is 29.4 Å². The summed E-state index contributed by atoms with van der Waals surface area (Å²) in [5, 5.41) is 12.3. The second kappa shape index (κ2) is 14.7. The maximum absolute atomic E-state index is 12.4. The van der Waals surface area contributed by atoms with E-state index in [0.717, 1.165) is 37.0 Å². The smallest absolute Gasteiger partial charge is 0.303 e. The number of hydrogen-bond donors (Lipinski definition) is 1. The van der Waals surface area contributed by atoms with Crippen LogP contribution in [-0.4, -0.2) is 75.0 Å². The van der Waals surface area contributed by atoms with Crippen LogP contribution in [0, 0.1) is 6.92 Å². The number of nitrogens with zero attached hydrogens (tertiary/aromatic N) is 3. The third kappa shape index (κ3) is 8.47. The molecule has 0 radical (unpaired) electrons. The topological polar surface area (TPSA) is 157 Å². The molecule has 0 bridgehead atoms. The number of amides is 1. The van der Waals surface area contributed by atoms with Gasteiger partial charge in [0.15, 0.2) is 23.2 Å². The number of esters is 3. The third-order valence-electron chi connectivity index (χ3n) is 7.17. The van der Waals surface area contributed by atoms with Gasteiger partial charge in [0, 0.05) is 33.7 Å². The van der Waals surface area contributed by atoms with Gasteiger partial charge in [-0.05, 0) is 31.4 Å². The van der Waals surface area contributed by atoms with E-state index in [1.165, 1.54) is 39.5 Å². The molecule has 1 saturated heterocycles. The number of aromatic nitrogens is 3. The highest BCUT2D eigenvalue weighted by Crippen LogP contribution is 2.39. The lowest BCUT2D eigenvalue weighted by Gasteiger charge is -2.44. The third-order valence-corrected chi connectivity index (χ3v) is 8.29. The summed E-state index contributed by atoms with van der Waals surface area (Å²) in [7, 11) is 0. The number of aryl methyl sites for hydroxylation is 1. The molecular formula is C29H38N4O9S. The van der Waals surface area contributed by atoms with Crippen LogP contribution in [0.25, 0.3) is 0 Å². The number of para-hydroxylation sites is 1. The van der Waals surface area contributed by atoms with Crippen LogP contribution in [-0.2, 0) is 44.7 Å². The Kier molecular flexibility index (Phi) is 11.0. The molecule has 2 aromatic rings. The fourth-order valence-corrected chi connectivity index (χ4v) is 6.60. The van der Waals surface area contributed by atoms with E-state index < -0.39 is 53.6 Å². The average Bonchev–Trinajstić information content (AvgIpc) is 3.59. The first-order valence-electron chi connectivity index (χ1n) is 14.2. The number of rotatable bonds is 11. The molecule has 4 rings (SSSR count). The van der Waals surface area contributed by atoms with Gasteiger partial charge < -0.3 is 29.0 Å². The lowest BCUT2D eigenvalue weighted by molar-refractivity contribution is -0.211. The van der Waals surface area contributed by atoms with E-state index >= 15 is 0 Å². The van der Waals surface area contributed by atoms with Crippen molar-refractivity contribution in [2.75, 3.05) is 6.61 Å². The van der Waals surface area contributed by atoms with Crippen LogP contribution < -0.4 is 10.1 Å². The van der Waals surface area contributed by atoms with Crippen molar-refractivity contribution in [1.82, 2.24) is 20.1 Å². The molecule has 43 heavy (non-hydrogen) atoms. The van der Waals surface area contributed by atoms with Crippen molar-refractivity contribution in [3.05, 3.63) is 35.7 Å². The molecule has 1 N–H and O–H groups in total. The molecular weight excluding hydrogens is 580 g/mol. The van der Waals surface area contributed by atoms with E-state index in [-0.39, 0.29) is 19.3 Å². The number of carbonyl (C=O) groups excluding carboxylic acids is 4. The van der Waals surface area contributed by atoms with E-state index in [9.17, 15) is 19.2 Å². The van der Waals surface area contributed by atoms with Crippen LogP contribution in [0.2, 0.25) is 0 Å². The Morgan fingerprint density at radius 1 is 0.977 bits per heavy atom. The van der Waals surface area contributed by atoms with Crippen LogP contribution in [0.5, 0.6) is 5.75 Å². The zero-order valence-electron chi connectivity index (χ0n) is 24.9. The lowest BCUT2D eigenvalue weighted by Crippen LogP contribution is -2.65. The predicted octanol–water partition coefficient (Wildman–Crippen LogP) is 3.03. The van der Waals surface area contributed by atoms with Gasteiger partial charge in [0.1, 0.15) is 36.5 Å². The standard InChI is InChI=1S/C29H38N4O9S/c1-16-10-6-9-13-22(16)39-15-24-31-32-29(33(24)21-11-7-8-12-21)43-28-25(30-17(2)34)27(41-20(5)37)26(40-19(4)36)23(42-28)14-38-18(3)35/h6,9-10,13,21,23,25-28H,7-8,11-12,14-15H2,1-5H3,(H,30,34)/t23-,25+,26+,27-,28+/m1/s1. The lowest BCUT2D eigenvalue weighted by atomic mass is 9.97. The van der Waals surface area contributed by atoms with Crippen LogP contribution in [0.1, 0.15) is 70.8 Å². The van der Waals surface area contributed by atoms with Gasteiger partial charge in [0.05, 0.1) is 0 Å². The number of nitrogens with one attached hydrogen (secondary N) is 1. The van der Waals surface area contributed by atoms with Gasteiger partial charge in [0.2, 0.25) is 5.91 Å². The fourth-order valence-electron chi connectivity index (χ4n) is 5.37. The SMILES string of the molecule is CC(=O)N[C@H]1[C@@H](OC(C)=O)[C@@H](OC(C)=O)[C@@H](COC(C)=O)O[C@H]1Sc1nnc(COc2ccccc2C)n1C1CCCC1. The van der Waals surface area contributed by atoms with Crippen molar-refractivity contribution >= 4 is 35.6 Å². The minimum Gasteiger partial charge on any atom is -0.485 e. The van der Waals surface area contributed by atoms with E-state index in [0.29, 0.717) is 11.0 Å². The van der Waals surface area contributed by atoms with Gasteiger partial charge in [-0.2, -0.15) is 0 Å². The van der Waals surface area contributed by atoms with Crippen molar-refractivity contribution in [2.24, 2.45) is 0 Å². The van der Waals surface area contributed by atoms with Crippen molar-refractivity contribution in [1.29, 1.82) is 0 Å². The number of thioether (sulfide) groups is 1. The molecule has 0 spiro atoms. The van der Waals surface area contributed by atoms with Crippen molar-refractivity contribution < 1.29 is 42.9 Å². The van der Waals surface area contributed by atoms with Crippen LogP contribution in [0.3, 0.4) is 0 Å². The second-order valence-corrected chi connectivity index (χ2v) is 11.7. The summed E-state index contributed by atoms with van der Waals surface area (Å²) in [6, 6.07) is 6.89. The summed E-state index contributed by atoms with van der Waals surface area (Å²) >= 11 is 1.19. The molecule has 1 aliphatic carbocycles. The molecule has 1 amide bonds. The van der Waals surface area contributed by atoms with Crippen molar-refractivity contribution in [3.63, 3.8) is 0 Å². The Balaban J connectivity index is 1.69. The van der Waals surface area contributed by atoms with Gasteiger partial charge >= 0.3 is 17.9 Å². The highest BCUT2D eigenvalue weighted by molar-refractivity contribution is 7.99. The molecule has 0 unspecified atom stereocenters. The monoisotopic (exact) mass is 618 g/mol. The Bertz CT molecular complexity index is 1310. The minimum atomic E-state index is -1.17. The molecule has 2 aliphatic rings. The largest absolute Gasteiger partial charge is 0.485 e. The quantitative estimate of drug-likeness (QED) is 0.290. The van der Waals surface area contributed by atoms with E-state index in [4.69, 9.17) is 23.7 Å². The highest BCUT2D eigenvalue weighted by atomic mass is 32.2. The Hall–Kier alpha value is -3.65. The van der Waals surface area contributed by atoms with Gasteiger partial charge in [-0.1, -0.05) is 42.8 Å². The van der Waals surface area contributed by atoms with Gasteiger partial charge in [-0.3, -0.25) is 23.7 Å². The summed E-state index contributed by atoms with van der Waals surface area (Å²) in [5.41, 5.74) is 0.102. The van der Waals surface area contributed by atoms with Crippen LogP contribution >= 0.6 is 11.8 Å². The number of ether oxygens (including phenoxy) is 5. The molecule has 1 saturated carbocycles. The van der Waals surface area contributed by atoms with E-state index in [1.54, 1.807) is 0 Å². The minimum absolute atomic E-state index is 0.130. The summed E-state index contributed by atoms with van der Waals surface area (Å²) < 4.78 is 30.8. The fraction of sp³-hybridized carbons (Fsp3) is 0.586. The summed E-state index contributed by atoms with van der Waals surface area (Å²) in [5.74, 6) is -0.921. The van der Waals surface area contributed by atoms with Gasteiger partial charge in [0.25, 0.3) is 0 Å². The molecule has 2 fully saturated rings. The van der Waals surface area contributed by atoms with Gasteiger partial charge in [-0.25, -0.2) is 0 Å². The number of benzene rings is 1. The molecule has 1 aromatic heterocycles. The second-order valence-electron chi connectivity index (χ2n) is 10.6. The summed E-state index contributed by atoms with van der Waals surface area (Å²) in [4.78, 5) is 48.3. The Labute approximate surface area is 254 Å². The number of carbonyl (C=O) groups is 4. The molecule has 14 heteroatoms. The summed E-state index contributed by atoms with van der Waals surface area (Å²) in [6.07, 6.45) is 0.660. The number of hydrogen-bond acceptors (Lipinski definition) is 12. The molecule has 5 atom stereocenters. The first-order valence-corrected chi connectivity index (χ1v) is 15.1. The normalized spacial score (nSPS) is 23.8. The maximum Gasteiger partial charge on any atom is 0.303 e. The zero-order valence-corrected chi connectivity index (χ0v) is 25.8.